The van der Waals surface area contributed by atoms with Crippen molar-refractivity contribution in [2.75, 3.05) is 0 Å². The number of aromatic nitrogens is 3. The van der Waals surface area contributed by atoms with Crippen molar-refractivity contribution in [1.82, 2.24) is 15.0 Å². The van der Waals surface area contributed by atoms with E-state index in [9.17, 15) is 4.39 Å². The second-order valence-electron chi connectivity index (χ2n) is 4.21. The van der Waals surface area contributed by atoms with Gasteiger partial charge >= 0.3 is 0 Å². The highest BCUT2D eigenvalue weighted by molar-refractivity contribution is 5.61. The van der Waals surface area contributed by atoms with Gasteiger partial charge in [0.1, 0.15) is 11.5 Å². The topological polar surface area (TPSA) is 56.7 Å². The van der Waals surface area contributed by atoms with E-state index in [1.165, 1.54) is 12.1 Å². The van der Waals surface area contributed by atoms with Gasteiger partial charge in [-0.1, -0.05) is 17.4 Å². The predicted octanol–water partition coefficient (Wildman–Crippen LogP) is 2.12. The van der Waals surface area contributed by atoms with E-state index < -0.39 is 0 Å². The molecule has 0 aliphatic heterocycles. The van der Waals surface area contributed by atoms with Crippen molar-refractivity contribution in [1.29, 1.82) is 0 Å². The highest BCUT2D eigenvalue weighted by Crippen LogP contribution is 2.22. The van der Waals surface area contributed by atoms with Crippen LogP contribution < -0.4 is 5.73 Å². The van der Waals surface area contributed by atoms with Crippen LogP contribution in [0.4, 0.5) is 4.39 Å². The Bertz CT molecular complexity index is 557. The van der Waals surface area contributed by atoms with Gasteiger partial charge in [0.25, 0.3) is 0 Å². The Labute approximate surface area is 105 Å². The van der Waals surface area contributed by atoms with E-state index in [-0.39, 0.29) is 5.82 Å². The smallest absolute Gasteiger partial charge is 0.123 e. The van der Waals surface area contributed by atoms with E-state index in [0.717, 1.165) is 16.8 Å². The molecule has 18 heavy (non-hydrogen) atoms. The van der Waals surface area contributed by atoms with Gasteiger partial charge in [-0.3, -0.25) is 0 Å². The van der Waals surface area contributed by atoms with E-state index in [0.29, 0.717) is 18.8 Å². The fourth-order valence-corrected chi connectivity index (χ4v) is 1.78. The molecule has 0 fully saturated rings. The predicted molar refractivity (Wildman–Crippen MR) is 68.1 cm³/mol. The second kappa shape index (κ2) is 5.10. The molecule has 2 N–H and O–H groups in total. The standard InChI is InChI=1S/C13H15FN4/c1-9(2)8-18-13(12(7-15)16-17-18)10-3-5-11(14)6-4-10/h3-6H,1,7-8,15H2,2H3. The van der Waals surface area contributed by atoms with Crippen LogP contribution in [0.5, 0.6) is 0 Å². The molecule has 0 amide bonds. The van der Waals surface area contributed by atoms with Crippen molar-refractivity contribution in [3.63, 3.8) is 0 Å². The summed E-state index contributed by atoms with van der Waals surface area (Å²) >= 11 is 0. The third-order valence-electron chi connectivity index (χ3n) is 2.54. The summed E-state index contributed by atoms with van der Waals surface area (Å²) in [4.78, 5) is 0. The lowest BCUT2D eigenvalue weighted by atomic mass is 10.1. The molecule has 1 heterocycles. The maximum atomic E-state index is 12.9. The number of benzene rings is 1. The van der Waals surface area contributed by atoms with E-state index >= 15 is 0 Å². The van der Waals surface area contributed by atoms with Crippen LogP contribution in [-0.4, -0.2) is 15.0 Å². The Balaban J connectivity index is 2.49. The molecule has 0 atom stereocenters. The summed E-state index contributed by atoms with van der Waals surface area (Å²) in [6, 6.07) is 6.21. The molecular weight excluding hydrogens is 231 g/mol. The molecule has 0 aliphatic rings. The number of hydrogen-bond donors (Lipinski definition) is 1. The van der Waals surface area contributed by atoms with E-state index in [2.05, 4.69) is 16.9 Å². The molecule has 0 saturated carbocycles. The molecule has 2 aromatic rings. The Morgan fingerprint density at radius 3 is 2.61 bits per heavy atom. The zero-order valence-electron chi connectivity index (χ0n) is 10.2. The maximum Gasteiger partial charge on any atom is 0.123 e. The molecule has 4 nitrogen and oxygen atoms in total. The largest absolute Gasteiger partial charge is 0.325 e. The van der Waals surface area contributed by atoms with Crippen LogP contribution in [0.2, 0.25) is 0 Å². The molecule has 0 bridgehead atoms. The summed E-state index contributed by atoms with van der Waals surface area (Å²) in [7, 11) is 0. The summed E-state index contributed by atoms with van der Waals surface area (Å²) in [6.07, 6.45) is 0. The minimum absolute atomic E-state index is 0.271. The zero-order chi connectivity index (χ0) is 13.1. The fraction of sp³-hybridized carbons (Fsp3) is 0.231. The molecule has 1 aromatic carbocycles. The van der Waals surface area contributed by atoms with Crippen molar-refractivity contribution in [2.45, 2.75) is 20.0 Å². The summed E-state index contributed by atoms with van der Waals surface area (Å²) in [5.74, 6) is -0.271. The quantitative estimate of drug-likeness (QED) is 0.841. The van der Waals surface area contributed by atoms with Gasteiger partial charge in [0.2, 0.25) is 0 Å². The Kier molecular flexibility index (Phi) is 3.53. The average Bonchev–Trinajstić information content (AvgIpc) is 2.72. The van der Waals surface area contributed by atoms with Crippen LogP contribution in [0, 0.1) is 5.82 Å². The van der Waals surface area contributed by atoms with Gasteiger partial charge in [0.15, 0.2) is 0 Å². The van der Waals surface area contributed by atoms with Crippen LogP contribution in [0.1, 0.15) is 12.6 Å². The minimum atomic E-state index is -0.271. The Morgan fingerprint density at radius 2 is 2.06 bits per heavy atom. The SMILES string of the molecule is C=C(C)Cn1nnc(CN)c1-c1ccc(F)cc1. The molecule has 1 aromatic heterocycles. The third-order valence-corrected chi connectivity index (χ3v) is 2.54. The van der Waals surface area contributed by atoms with Crippen molar-refractivity contribution in [3.8, 4) is 11.3 Å². The van der Waals surface area contributed by atoms with Crippen LogP contribution in [-0.2, 0) is 13.1 Å². The normalized spacial score (nSPS) is 10.6. The number of nitrogens with two attached hydrogens (primary N) is 1. The molecule has 2 rings (SSSR count). The highest BCUT2D eigenvalue weighted by atomic mass is 19.1. The van der Waals surface area contributed by atoms with E-state index in [4.69, 9.17) is 5.73 Å². The van der Waals surface area contributed by atoms with Crippen LogP contribution >= 0.6 is 0 Å². The first-order chi connectivity index (χ1) is 8.61. The summed E-state index contributed by atoms with van der Waals surface area (Å²) < 4.78 is 14.7. The Morgan fingerprint density at radius 1 is 1.39 bits per heavy atom. The van der Waals surface area contributed by atoms with Crippen molar-refractivity contribution in [3.05, 3.63) is 47.9 Å². The molecule has 0 spiro atoms. The first-order valence-corrected chi connectivity index (χ1v) is 5.64. The first-order valence-electron chi connectivity index (χ1n) is 5.64. The highest BCUT2D eigenvalue weighted by Gasteiger charge is 2.13. The lowest BCUT2D eigenvalue weighted by Crippen LogP contribution is -2.05. The van der Waals surface area contributed by atoms with Crippen LogP contribution in [0.15, 0.2) is 36.4 Å². The summed E-state index contributed by atoms with van der Waals surface area (Å²) in [6.45, 7) is 6.63. The maximum absolute atomic E-state index is 12.9. The summed E-state index contributed by atoms with van der Waals surface area (Å²) in [5.41, 5.74) is 8.98. The fourth-order valence-electron chi connectivity index (χ4n) is 1.78. The van der Waals surface area contributed by atoms with Gasteiger partial charge in [-0.05, 0) is 31.2 Å². The van der Waals surface area contributed by atoms with Gasteiger partial charge in [0, 0.05) is 12.1 Å². The first kappa shape index (κ1) is 12.4. The molecule has 5 heteroatoms. The van der Waals surface area contributed by atoms with Gasteiger partial charge in [-0.15, -0.1) is 5.10 Å². The summed E-state index contributed by atoms with van der Waals surface area (Å²) in [5, 5.41) is 8.10. The molecule has 0 aliphatic carbocycles. The average molecular weight is 246 g/mol. The third kappa shape index (κ3) is 2.46. The van der Waals surface area contributed by atoms with Crippen molar-refractivity contribution >= 4 is 0 Å². The number of nitrogens with zero attached hydrogens (tertiary/aromatic N) is 3. The lowest BCUT2D eigenvalue weighted by molar-refractivity contribution is 0.627. The molecule has 94 valence electrons. The second-order valence-corrected chi connectivity index (χ2v) is 4.21. The number of halogens is 1. The monoisotopic (exact) mass is 246 g/mol. The van der Waals surface area contributed by atoms with Crippen molar-refractivity contribution in [2.24, 2.45) is 5.73 Å². The van der Waals surface area contributed by atoms with Gasteiger partial charge < -0.3 is 5.73 Å². The Hall–Kier alpha value is -2.01. The van der Waals surface area contributed by atoms with E-state index in [1.807, 2.05) is 6.92 Å². The molecule has 0 saturated heterocycles. The lowest BCUT2D eigenvalue weighted by Gasteiger charge is -2.07. The molecular formula is C13H15FN4. The molecule has 0 unspecified atom stereocenters. The van der Waals surface area contributed by atoms with Crippen LogP contribution in [0.25, 0.3) is 11.3 Å². The molecule has 0 radical (unpaired) electrons. The van der Waals surface area contributed by atoms with Gasteiger partial charge in [0.05, 0.1) is 12.2 Å². The van der Waals surface area contributed by atoms with Crippen molar-refractivity contribution < 1.29 is 4.39 Å². The van der Waals surface area contributed by atoms with Gasteiger partial charge in [-0.2, -0.15) is 0 Å². The van der Waals surface area contributed by atoms with E-state index in [1.54, 1.807) is 16.8 Å². The number of allylic oxidation sites excluding steroid dienone is 1. The number of hydrogen-bond acceptors (Lipinski definition) is 3. The minimum Gasteiger partial charge on any atom is -0.325 e. The van der Waals surface area contributed by atoms with Crippen LogP contribution in [0.3, 0.4) is 0 Å². The number of rotatable bonds is 4. The van der Waals surface area contributed by atoms with Gasteiger partial charge in [-0.25, -0.2) is 9.07 Å². The zero-order valence-corrected chi connectivity index (χ0v) is 10.2.